The minimum absolute atomic E-state index is 0.0923. The largest absolute Gasteiger partial charge is 0.469 e. The molecule has 20 heavy (non-hydrogen) atoms. The minimum Gasteiger partial charge on any atom is -0.469 e. The third kappa shape index (κ3) is 3.93. The zero-order valence-corrected chi connectivity index (χ0v) is 11.9. The topological polar surface area (TPSA) is 79.5 Å². The molecule has 2 aromatic rings. The summed E-state index contributed by atoms with van der Waals surface area (Å²) in [6, 6.07) is 11.5. The molecule has 0 spiro atoms. The third-order valence-corrected chi connectivity index (χ3v) is 4.25. The van der Waals surface area contributed by atoms with Gasteiger partial charge in [-0.25, -0.2) is 13.1 Å². The molecular formula is C14H17NO4S. The van der Waals surface area contributed by atoms with Gasteiger partial charge in [0.15, 0.2) is 0 Å². The van der Waals surface area contributed by atoms with Gasteiger partial charge in [0.25, 0.3) is 0 Å². The van der Waals surface area contributed by atoms with Crippen LogP contribution >= 0.6 is 0 Å². The van der Waals surface area contributed by atoms with Gasteiger partial charge in [0, 0.05) is 13.0 Å². The van der Waals surface area contributed by atoms with E-state index in [1.54, 1.807) is 37.3 Å². The quantitative estimate of drug-likeness (QED) is 0.847. The number of benzene rings is 1. The van der Waals surface area contributed by atoms with E-state index in [9.17, 15) is 13.5 Å². The summed E-state index contributed by atoms with van der Waals surface area (Å²) in [6.45, 7) is 1.47. The summed E-state index contributed by atoms with van der Waals surface area (Å²) in [5.74, 6) is 0.605. The monoisotopic (exact) mass is 295 g/mol. The molecule has 108 valence electrons. The van der Waals surface area contributed by atoms with Crippen LogP contribution in [0.4, 0.5) is 0 Å². The average molecular weight is 295 g/mol. The number of hydrogen-bond acceptors (Lipinski definition) is 4. The van der Waals surface area contributed by atoms with Crippen molar-refractivity contribution in [1.29, 1.82) is 0 Å². The molecule has 0 aliphatic carbocycles. The average Bonchev–Trinajstić information content (AvgIpc) is 2.90. The molecule has 0 aliphatic rings. The van der Waals surface area contributed by atoms with Crippen LogP contribution < -0.4 is 4.72 Å². The molecule has 0 amide bonds. The molecular weight excluding hydrogens is 278 g/mol. The Bertz CT molecular complexity index is 633. The van der Waals surface area contributed by atoms with Gasteiger partial charge in [0.05, 0.1) is 16.8 Å². The van der Waals surface area contributed by atoms with Crippen LogP contribution in [-0.2, 0) is 16.4 Å². The number of furan rings is 1. The molecule has 6 heteroatoms. The van der Waals surface area contributed by atoms with E-state index in [0.717, 1.165) is 0 Å². The number of hydrogen-bond donors (Lipinski definition) is 2. The molecule has 1 unspecified atom stereocenters. The highest BCUT2D eigenvalue weighted by atomic mass is 32.2. The zero-order valence-electron chi connectivity index (χ0n) is 11.1. The Balaban J connectivity index is 2.00. The summed E-state index contributed by atoms with van der Waals surface area (Å²) in [4.78, 5) is 0.175. The molecule has 5 nitrogen and oxygen atoms in total. The van der Waals surface area contributed by atoms with Gasteiger partial charge in [-0.3, -0.25) is 0 Å². The summed E-state index contributed by atoms with van der Waals surface area (Å²) in [6.07, 6.45) is 1.75. The summed E-state index contributed by atoms with van der Waals surface area (Å²) in [5.41, 5.74) is -1.22. The highest BCUT2D eigenvalue weighted by molar-refractivity contribution is 7.89. The molecule has 0 radical (unpaired) electrons. The molecule has 1 heterocycles. The van der Waals surface area contributed by atoms with E-state index < -0.39 is 15.6 Å². The summed E-state index contributed by atoms with van der Waals surface area (Å²) in [7, 11) is -3.61. The van der Waals surface area contributed by atoms with Gasteiger partial charge in [-0.2, -0.15) is 0 Å². The van der Waals surface area contributed by atoms with Crippen LogP contribution in [0.1, 0.15) is 12.7 Å². The first-order chi connectivity index (χ1) is 9.39. The van der Waals surface area contributed by atoms with Crippen LogP contribution in [0, 0.1) is 0 Å². The van der Waals surface area contributed by atoms with E-state index in [-0.39, 0.29) is 17.9 Å². The Kier molecular flexibility index (Phi) is 4.27. The lowest BCUT2D eigenvalue weighted by Gasteiger charge is -2.22. The van der Waals surface area contributed by atoms with Crippen LogP contribution in [0.3, 0.4) is 0 Å². The van der Waals surface area contributed by atoms with E-state index in [1.165, 1.54) is 18.4 Å². The maximum absolute atomic E-state index is 12.0. The minimum atomic E-state index is -3.61. The molecule has 2 rings (SSSR count). The van der Waals surface area contributed by atoms with E-state index in [4.69, 9.17) is 4.42 Å². The maximum atomic E-state index is 12.0. The molecule has 0 fully saturated rings. The second-order valence-electron chi connectivity index (χ2n) is 4.89. The van der Waals surface area contributed by atoms with Gasteiger partial charge in [-0.1, -0.05) is 18.2 Å². The fourth-order valence-electron chi connectivity index (χ4n) is 1.78. The summed E-state index contributed by atoms with van der Waals surface area (Å²) >= 11 is 0. The highest BCUT2D eigenvalue weighted by Crippen LogP contribution is 2.14. The Labute approximate surface area is 118 Å². The van der Waals surface area contributed by atoms with Gasteiger partial charge in [0.1, 0.15) is 5.76 Å². The van der Waals surface area contributed by atoms with Gasteiger partial charge in [-0.05, 0) is 31.2 Å². The number of rotatable bonds is 6. The second kappa shape index (κ2) is 5.78. The van der Waals surface area contributed by atoms with Crippen LogP contribution in [0.2, 0.25) is 0 Å². The third-order valence-electron chi connectivity index (χ3n) is 2.83. The van der Waals surface area contributed by atoms with E-state index in [0.29, 0.717) is 5.76 Å². The Morgan fingerprint density at radius 3 is 2.50 bits per heavy atom. The number of nitrogens with one attached hydrogen (secondary N) is 1. The van der Waals surface area contributed by atoms with Gasteiger partial charge >= 0.3 is 0 Å². The number of aliphatic hydroxyl groups is 1. The molecule has 1 aromatic heterocycles. The zero-order chi connectivity index (χ0) is 14.6. The van der Waals surface area contributed by atoms with Crippen molar-refractivity contribution >= 4 is 10.0 Å². The first kappa shape index (κ1) is 14.8. The Hall–Kier alpha value is -1.63. The molecule has 1 aromatic carbocycles. The second-order valence-corrected chi connectivity index (χ2v) is 6.66. The first-order valence-corrected chi connectivity index (χ1v) is 7.67. The lowest BCUT2D eigenvalue weighted by molar-refractivity contribution is 0.0603. The smallest absolute Gasteiger partial charge is 0.240 e. The van der Waals surface area contributed by atoms with Crippen LogP contribution in [0.15, 0.2) is 58.0 Å². The van der Waals surface area contributed by atoms with Gasteiger partial charge in [0.2, 0.25) is 10.0 Å². The molecule has 1 atom stereocenters. The van der Waals surface area contributed by atoms with Crippen molar-refractivity contribution in [2.24, 2.45) is 0 Å². The van der Waals surface area contributed by atoms with Crippen LogP contribution in [-0.4, -0.2) is 25.7 Å². The molecule has 0 aliphatic heterocycles. The fourth-order valence-corrected chi connectivity index (χ4v) is 2.97. The lowest BCUT2D eigenvalue weighted by atomic mass is 10.0. The summed E-state index contributed by atoms with van der Waals surface area (Å²) in [5, 5.41) is 10.2. The fraction of sp³-hybridized carbons (Fsp3) is 0.286. The van der Waals surface area contributed by atoms with Crippen molar-refractivity contribution in [3.63, 3.8) is 0 Å². The van der Waals surface area contributed by atoms with Crippen molar-refractivity contribution < 1.29 is 17.9 Å². The van der Waals surface area contributed by atoms with Crippen LogP contribution in [0.5, 0.6) is 0 Å². The first-order valence-electron chi connectivity index (χ1n) is 6.19. The van der Waals surface area contributed by atoms with Gasteiger partial charge < -0.3 is 9.52 Å². The molecule has 2 N–H and O–H groups in total. The van der Waals surface area contributed by atoms with E-state index in [2.05, 4.69) is 4.72 Å². The Morgan fingerprint density at radius 2 is 1.90 bits per heavy atom. The lowest BCUT2D eigenvalue weighted by Crippen LogP contribution is -2.42. The Morgan fingerprint density at radius 1 is 1.20 bits per heavy atom. The van der Waals surface area contributed by atoms with Gasteiger partial charge in [-0.15, -0.1) is 0 Å². The van der Waals surface area contributed by atoms with E-state index >= 15 is 0 Å². The van der Waals surface area contributed by atoms with Crippen molar-refractivity contribution in [2.45, 2.75) is 23.8 Å². The van der Waals surface area contributed by atoms with Crippen molar-refractivity contribution in [3.05, 3.63) is 54.5 Å². The van der Waals surface area contributed by atoms with Crippen molar-refractivity contribution in [2.75, 3.05) is 6.54 Å². The molecule has 0 bridgehead atoms. The van der Waals surface area contributed by atoms with Crippen molar-refractivity contribution in [3.8, 4) is 0 Å². The van der Waals surface area contributed by atoms with E-state index in [1.807, 2.05) is 0 Å². The van der Waals surface area contributed by atoms with Crippen LogP contribution in [0.25, 0.3) is 0 Å². The summed E-state index contributed by atoms with van der Waals surface area (Å²) < 4.78 is 31.6. The maximum Gasteiger partial charge on any atom is 0.240 e. The molecule has 0 saturated heterocycles. The predicted molar refractivity (Wildman–Crippen MR) is 74.7 cm³/mol. The SMILES string of the molecule is CC(O)(CNS(=O)(=O)c1ccccc1)Cc1ccco1. The predicted octanol–water partition coefficient (Wildman–Crippen LogP) is 1.55. The van der Waals surface area contributed by atoms with Crippen molar-refractivity contribution in [1.82, 2.24) is 4.72 Å². The number of sulfonamides is 1. The standard InChI is InChI=1S/C14H17NO4S/c1-14(16,10-12-6-5-9-19-12)11-15-20(17,18)13-7-3-2-4-8-13/h2-9,15-16H,10-11H2,1H3. The molecule has 0 saturated carbocycles. The highest BCUT2D eigenvalue weighted by Gasteiger charge is 2.25. The normalized spacial score (nSPS) is 14.9.